The van der Waals surface area contributed by atoms with Crippen LogP contribution in [-0.2, 0) is 0 Å². The molecule has 0 aliphatic rings. The van der Waals surface area contributed by atoms with Gasteiger partial charge in [-0.3, -0.25) is 0 Å². The minimum Gasteiger partial charge on any atom is -0.418 e. The summed E-state index contributed by atoms with van der Waals surface area (Å²) in [6.45, 7) is 2.01. The van der Waals surface area contributed by atoms with E-state index >= 15 is 0 Å². The maximum atomic E-state index is 9.75. The standard InChI is InChI=1S/C13H13N2.BF4/c1-12(13-8-4-2-5-9-13)14-15-10-6-3-7-11-15;2-1(3,4)5/h2-11H,1H3;/q+1;-1. The zero-order valence-corrected chi connectivity index (χ0v) is 10.8. The van der Waals surface area contributed by atoms with Crippen LogP contribution in [0, 0.1) is 0 Å². The van der Waals surface area contributed by atoms with E-state index in [1.54, 1.807) is 0 Å². The number of halogens is 4. The molecule has 1 heterocycles. The first-order chi connectivity index (χ1) is 9.36. The monoisotopic (exact) mass is 284 g/mol. The molecule has 0 fully saturated rings. The van der Waals surface area contributed by atoms with Crippen molar-refractivity contribution in [2.75, 3.05) is 0 Å². The predicted octanol–water partition coefficient (Wildman–Crippen LogP) is 3.55. The molecule has 0 amide bonds. The molecular weight excluding hydrogens is 271 g/mol. The molecule has 0 N–H and O–H groups in total. The van der Waals surface area contributed by atoms with Crippen LogP contribution in [0.3, 0.4) is 0 Å². The van der Waals surface area contributed by atoms with Crippen LogP contribution >= 0.6 is 0 Å². The Morgan fingerprint density at radius 1 is 0.900 bits per heavy atom. The third-order valence-corrected chi connectivity index (χ3v) is 2.16. The maximum absolute atomic E-state index is 9.75. The summed E-state index contributed by atoms with van der Waals surface area (Å²) < 4.78 is 40.8. The van der Waals surface area contributed by atoms with Crippen molar-refractivity contribution in [1.29, 1.82) is 0 Å². The Morgan fingerprint density at radius 2 is 1.35 bits per heavy atom. The molecule has 2 rings (SSSR count). The third-order valence-electron chi connectivity index (χ3n) is 2.16. The van der Waals surface area contributed by atoms with Gasteiger partial charge in [-0.1, -0.05) is 41.1 Å². The fraction of sp³-hybridized carbons (Fsp3) is 0.0769. The smallest absolute Gasteiger partial charge is 0.418 e. The molecule has 0 radical (unpaired) electrons. The Balaban J connectivity index is 0.000000347. The first-order valence-electron chi connectivity index (χ1n) is 5.81. The summed E-state index contributed by atoms with van der Waals surface area (Å²) in [7, 11) is -6.00. The Labute approximate surface area is 114 Å². The molecule has 0 spiro atoms. The van der Waals surface area contributed by atoms with Crippen molar-refractivity contribution in [1.82, 2.24) is 0 Å². The molecule has 0 unspecified atom stereocenters. The van der Waals surface area contributed by atoms with Crippen LogP contribution in [-0.4, -0.2) is 13.0 Å². The van der Waals surface area contributed by atoms with Gasteiger partial charge < -0.3 is 17.3 Å². The van der Waals surface area contributed by atoms with Crippen LogP contribution in [0.5, 0.6) is 0 Å². The van der Waals surface area contributed by atoms with Crippen LogP contribution in [0.4, 0.5) is 17.3 Å². The van der Waals surface area contributed by atoms with Gasteiger partial charge in [0.1, 0.15) is 5.71 Å². The normalized spacial score (nSPS) is 11.6. The summed E-state index contributed by atoms with van der Waals surface area (Å²) in [5.74, 6) is 0. The van der Waals surface area contributed by atoms with E-state index in [0.717, 1.165) is 11.3 Å². The lowest BCUT2D eigenvalue weighted by molar-refractivity contribution is -0.678. The number of aromatic nitrogens is 1. The van der Waals surface area contributed by atoms with Crippen LogP contribution in [0.1, 0.15) is 12.5 Å². The Morgan fingerprint density at radius 3 is 1.85 bits per heavy atom. The molecule has 106 valence electrons. The molecule has 1 aromatic heterocycles. The quantitative estimate of drug-likeness (QED) is 0.347. The van der Waals surface area contributed by atoms with Crippen molar-refractivity contribution in [2.45, 2.75) is 6.92 Å². The first-order valence-corrected chi connectivity index (χ1v) is 5.81. The number of pyridine rings is 1. The van der Waals surface area contributed by atoms with Gasteiger partial charge in [-0.2, -0.15) is 0 Å². The summed E-state index contributed by atoms with van der Waals surface area (Å²) in [5.41, 5.74) is 2.15. The molecule has 7 heteroatoms. The zero-order chi connectivity index (χ0) is 15.0. The number of hydrogen-bond donors (Lipinski definition) is 0. The molecule has 0 aliphatic carbocycles. The third kappa shape index (κ3) is 7.30. The van der Waals surface area contributed by atoms with Gasteiger partial charge >= 0.3 is 7.25 Å². The molecule has 2 nitrogen and oxygen atoms in total. The van der Waals surface area contributed by atoms with Crippen LogP contribution in [0.25, 0.3) is 0 Å². The van der Waals surface area contributed by atoms with Gasteiger partial charge in [0, 0.05) is 22.8 Å². The van der Waals surface area contributed by atoms with Crippen molar-refractivity contribution >= 4 is 13.0 Å². The van der Waals surface area contributed by atoms with Crippen molar-refractivity contribution in [3.63, 3.8) is 0 Å². The minimum absolute atomic E-state index is 1.01. The van der Waals surface area contributed by atoms with Gasteiger partial charge in [0.05, 0.1) is 0 Å². The second-order valence-corrected chi connectivity index (χ2v) is 3.80. The Kier molecular flexibility index (Phi) is 5.89. The van der Waals surface area contributed by atoms with E-state index in [2.05, 4.69) is 17.2 Å². The van der Waals surface area contributed by atoms with E-state index in [1.807, 2.05) is 60.4 Å². The van der Waals surface area contributed by atoms with Gasteiger partial charge in [0.25, 0.3) is 0 Å². The van der Waals surface area contributed by atoms with Crippen molar-refractivity contribution in [3.8, 4) is 0 Å². The highest BCUT2D eigenvalue weighted by atomic mass is 19.5. The molecule has 1 aromatic carbocycles. The minimum atomic E-state index is -6.00. The highest BCUT2D eigenvalue weighted by Gasteiger charge is 2.20. The number of nitrogens with zero attached hydrogens (tertiary/aromatic N) is 2. The van der Waals surface area contributed by atoms with Crippen LogP contribution in [0.15, 0.2) is 66.0 Å². The lowest BCUT2D eigenvalue weighted by Gasteiger charge is -1.95. The van der Waals surface area contributed by atoms with Gasteiger partial charge in [-0.15, -0.1) is 0 Å². The lowest BCUT2D eigenvalue weighted by Crippen LogP contribution is -2.27. The summed E-state index contributed by atoms with van der Waals surface area (Å²) in [6, 6.07) is 16.1. The molecule has 0 saturated heterocycles. The van der Waals surface area contributed by atoms with Gasteiger partial charge in [0.2, 0.25) is 12.4 Å². The summed E-state index contributed by atoms with van der Waals surface area (Å²) in [5, 5.41) is 4.46. The fourth-order valence-electron chi connectivity index (χ4n) is 1.37. The van der Waals surface area contributed by atoms with Crippen molar-refractivity contribution in [2.24, 2.45) is 5.10 Å². The maximum Gasteiger partial charge on any atom is 0.673 e. The van der Waals surface area contributed by atoms with Crippen molar-refractivity contribution in [3.05, 3.63) is 66.5 Å². The predicted molar refractivity (Wildman–Crippen MR) is 70.9 cm³/mol. The molecule has 20 heavy (non-hydrogen) atoms. The Hall–Kier alpha value is -2.18. The summed E-state index contributed by atoms with van der Waals surface area (Å²) in [6.07, 6.45) is 3.85. The largest absolute Gasteiger partial charge is 0.673 e. The van der Waals surface area contributed by atoms with Gasteiger partial charge in [-0.25, -0.2) is 0 Å². The molecule has 2 aromatic rings. The number of benzene rings is 1. The molecule has 0 aliphatic heterocycles. The van der Waals surface area contributed by atoms with Crippen LogP contribution in [0.2, 0.25) is 0 Å². The summed E-state index contributed by atoms with van der Waals surface area (Å²) in [4.78, 5) is 0. The van der Waals surface area contributed by atoms with Crippen molar-refractivity contribution < 1.29 is 21.9 Å². The first kappa shape index (κ1) is 15.9. The molecule has 0 atom stereocenters. The molecule has 0 saturated carbocycles. The van der Waals surface area contributed by atoms with E-state index < -0.39 is 7.25 Å². The highest BCUT2D eigenvalue weighted by molar-refractivity contribution is 6.50. The average molecular weight is 284 g/mol. The van der Waals surface area contributed by atoms with E-state index in [1.165, 1.54) is 0 Å². The lowest BCUT2D eigenvalue weighted by atomic mass is 10.1. The van der Waals surface area contributed by atoms with Crippen LogP contribution < -0.4 is 4.68 Å². The van der Waals surface area contributed by atoms with E-state index in [4.69, 9.17) is 0 Å². The second-order valence-electron chi connectivity index (χ2n) is 3.80. The van der Waals surface area contributed by atoms with E-state index in [0.29, 0.717) is 0 Å². The fourth-order valence-corrected chi connectivity index (χ4v) is 1.37. The summed E-state index contributed by atoms with van der Waals surface area (Å²) >= 11 is 0. The molecule has 0 bridgehead atoms. The van der Waals surface area contributed by atoms with Gasteiger partial charge in [-0.05, 0) is 6.92 Å². The van der Waals surface area contributed by atoms with E-state index in [-0.39, 0.29) is 0 Å². The zero-order valence-electron chi connectivity index (χ0n) is 10.8. The van der Waals surface area contributed by atoms with Gasteiger partial charge in [0.15, 0.2) is 0 Å². The topological polar surface area (TPSA) is 16.2 Å². The Bertz CT molecular complexity index is 535. The number of rotatable bonds is 2. The SMILES string of the molecule is CC(=N[n+]1ccccc1)c1ccccc1.F[B-](F)(F)F. The average Bonchev–Trinajstić information content (AvgIpc) is 2.39. The van der Waals surface area contributed by atoms with E-state index in [9.17, 15) is 17.3 Å². The second kappa shape index (κ2) is 7.42. The molecular formula is C13H13BF4N2. The number of hydrogen-bond acceptors (Lipinski definition) is 1. The highest BCUT2D eigenvalue weighted by Crippen LogP contribution is 2.06.